The number of carboxylic acid groups (broad SMARTS) is 1. The van der Waals surface area contributed by atoms with Gasteiger partial charge in [-0.05, 0) is 99.2 Å². The van der Waals surface area contributed by atoms with Crippen molar-refractivity contribution >= 4 is 79.6 Å². The third-order valence-corrected chi connectivity index (χ3v) is 7.02. The van der Waals surface area contributed by atoms with E-state index in [0.29, 0.717) is 18.4 Å². The zero-order chi connectivity index (χ0) is 14.9. The Bertz CT molecular complexity index is 562. The van der Waals surface area contributed by atoms with Gasteiger partial charge in [0.1, 0.15) is 0 Å². The number of halogens is 3. The van der Waals surface area contributed by atoms with Gasteiger partial charge in [0, 0.05) is 16.8 Å². The molecule has 4 nitrogen and oxygen atoms in total. The van der Waals surface area contributed by atoms with Crippen LogP contribution in [0.25, 0.3) is 0 Å². The molecule has 0 aromatic heterocycles. The molecule has 7 heteroatoms. The first-order valence-electron chi connectivity index (χ1n) is 6.06. The molecule has 1 aromatic rings. The van der Waals surface area contributed by atoms with E-state index in [1.165, 1.54) is 0 Å². The second-order valence-corrected chi connectivity index (χ2v) is 8.25. The van der Waals surface area contributed by atoms with Gasteiger partial charge in [-0.25, -0.2) is 0 Å². The van der Waals surface area contributed by atoms with Gasteiger partial charge in [-0.15, -0.1) is 0 Å². The predicted octanol–water partition coefficient (Wildman–Crippen LogP) is 3.48. The van der Waals surface area contributed by atoms with Crippen LogP contribution in [0.4, 0.5) is 0 Å². The van der Waals surface area contributed by atoms with Crippen molar-refractivity contribution in [2.45, 2.75) is 25.3 Å². The summed E-state index contributed by atoms with van der Waals surface area (Å²) in [5.41, 5.74) is 0.667. The van der Waals surface area contributed by atoms with Gasteiger partial charge in [-0.1, -0.05) is 0 Å². The molecule has 0 spiro atoms. The maximum Gasteiger partial charge on any atom is 0.306 e. The van der Waals surface area contributed by atoms with Crippen LogP contribution in [0.15, 0.2) is 12.1 Å². The Balaban J connectivity index is 2.08. The maximum atomic E-state index is 12.3. The van der Waals surface area contributed by atoms with Crippen molar-refractivity contribution < 1.29 is 14.7 Å². The van der Waals surface area contributed by atoms with Crippen LogP contribution >= 0.6 is 67.8 Å². The molecule has 2 N–H and O–H groups in total. The van der Waals surface area contributed by atoms with Crippen LogP contribution in [0.2, 0.25) is 0 Å². The highest BCUT2D eigenvalue weighted by Crippen LogP contribution is 2.27. The van der Waals surface area contributed by atoms with E-state index in [0.717, 1.165) is 17.1 Å². The van der Waals surface area contributed by atoms with Crippen molar-refractivity contribution in [2.24, 2.45) is 5.92 Å². The summed E-state index contributed by atoms with van der Waals surface area (Å²) in [5.74, 6) is -1.20. The molecular weight excluding hydrogens is 599 g/mol. The molecule has 20 heavy (non-hydrogen) atoms. The lowest BCUT2D eigenvalue weighted by Gasteiger charge is -2.14. The number of aliphatic carboxylic acids is 1. The van der Waals surface area contributed by atoms with Crippen molar-refractivity contribution in [1.29, 1.82) is 0 Å². The zero-order valence-electron chi connectivity index (χ0n) is 10.3. The molecule has 0 bridgehead atoms. The van der Waals surface area contributed by atoms with Crippen molar-refractivity contribution in [3.8, 4) is 0 Å². The highest BCUT2D eigenvalue weighted by atomic mass is 127. The molecule has 0 aliphatic heterocycles. The minimum Gasteiger partial charge on any atom is -0.481 e. The highest BCUT2D eigenvalue weighted by Gasteiger charge is 2.31. The fourth-order valence-electron chi connectivity index (χ4n) is 2.32. The quantitative estimate of drug-likeness (QED) is 0.407. The number of carboxylic acids is 1. The summed E-state index contributed by atoms with van der Waals surface area (Å²) in [6, 6.07) is 3.86. The Morgan fingerprint density at radius 2 is 1.90 bits per heavy atom. The van der Waals surface area contributed by atoms with Crippen LogP contribution in [-0.4, -0.2) is 23.0 Å². The summed E-state index contributed by atoms with van der Waals surface area (Å²) >= 11 is 6.58. The fourth-order valence-corrected chi connectivity index (χ4v) is 4.72. The van der Waals surface area contributed by atoms with Crippen molar-refractivity contribution in [1.82, 2.24) is 5.32 Å². The van der Waals surface area contributed by atoms with Crippen LogP contribution in [-0.2, 0) is 4.79 Å². The van der Waals surface area contributed by atoms with E-state index in [1.54, 1.807) is 0 Å². The number of rotatable bonds is 3. The van der Waals surface area contributed by atoms with Crippen LogP contribution in [0, 0.1) is 16.6 Å². The molecule has 2 rings (SSSR count). The summed E-state index contributed by atoms with van der Waals surface area (Å²) < 4.78 is 3.01. The van der Waals surface area contributed by atoms with Crippen molar-refractivity contribution in [2.75, 3.05) is 0 Å². The Morgan fingerprint density at radius 3 is 2.50 bits per heavy atom. The third kappa shape index (κ3) is 3.96. The monoisotopic (exact) mass is 611 g/mol. The zero-order valence-corrected chi connectivity index (χ0v) is 16.8. The number of nitrogens with one attached hydrogen (secondary N) is 1. The standard InChI is InChI=1S/C13H12I3NO3/c14-7-4-9(11(16)10(15)5-7)12(18)17-8-2-1-6(3-8)13(19)20/h4-6,8H,1-3H2,(H,17,18)(H,19,20). The molecule has 1 aromatic carbocycles. The Hall–Kier alpha value is 0.350. The van der Waals surface area contributed by atoms with E-state index in [4.69, 9.17) is 5.11 Å². The van der Waals surface area contributed by atoms with Gasteiger partial charge < -0.3 is 10.4 Å². The molecule has 1 aliphatic rings. The van der Waals surface area contributed by atoms with Crippen molar-refractivity contribution in [3.05, 3.63) is 28.4 Å². The lowest BCUT2D eigenvalue weighted by atomic mass is 10.1. The molecule has 1 saturated carbocycles. The maximum absolute atomic E-state index is 12.3. The molecule has 2 unspecified atom stereocenters. The first-order valence-corrected chi connectivity index (χ1v) is 9.30. The summed E-state index contributed by atoms with van der Waals surface area (Å²) in [6.07, 6.45) is 1.90. The van der Waals surface area contributed by atoms with E-state index in [-0.39, 0.29) is 17.9 Å². The molecule has 0 heterocycles. The van der Waals surface area contributed by atoms with E-state index >= 15 is 0 Å². The van der Waals surface area contributed by atoms with Crippen LogP contribution in [0.5, 0.6) is 0 Å². The summed E-state index contributed by atoms with van der Waals surface area (Å²) in [4.78, 5) is 23.3. The van der Waals surface area contributed by atoms with Gasteiger partial charge in [0.2, 0.25) is 0 Å². The van der Waals surface area contributed by atoms with E-state index in [1.807, 2.05) is 12.1 Å². The summed E-state index contributed by atoms with van der Waals surface area (Å²) in [7, 11) is 0. The Labute approximate surface area is 157 Å². The van der Waals surface area contributed by atoms with Gasteiger partial charge in [0.25, 0.3) is 5.91 Å². The fraction of sp³-hybridized carbons (Fsp3) is 0.385. The molecular formula is C13H12I3NO3. The molecule has 108 valence electrons. The van der Waals surface area contributed by atoms with Gasteiger partial charge in [0.05, 0.1) is 11.5 Å². The normalized spacial score (nSPS) is 21.8. The first-order chi connectivity index (χ1) is 9.38. The average Bonchev–Trinajstić information content (AvgIpc) is 2.82. The number of carbonyl (C=O) groups is 2. The molecule has 0 saturated heterocycles. The SMILES string of the molecule is O=C(NC1CCC(C(=O)O)C1)c1cc(I)cc(I)c1I. The molecule has 2 atom stereocenters. The minimum atomic E-state index is -0.764. The van der Waals surface area contributed by atoms with E-state index < -0.39 is 5.97 Å². The number of hydrogen-bond donors (Lipinski definition) is 2. The van der Waals surface area contributed by atoms with E-state index in [9.17, 15) is 9.59 Å². The number of carbonyl (C=O) groups excluding carboxylic acids is 1. The third-order valence-electron chi connectivity index (χ3n) is 3.35. The van der Waals surface area contributed by atoms with Crippen LogP contribution in [0.1, 0.15) is 29.6 Å². The summed E-state index contributed by atoms with van der Waals surface area (Å²) in [6.45, 7) is 0. The summed E-state index contributed by atoms with van der Waals surface area (Å²) in [5, 5.41) is 11.9. The number of amides is 1. The smallest absolute Gasteiger partial charge is 0.306 e. The van der Waals surface area contributed by atoms with Crippen LogP contribution in [0.3, 0.4) is 0 Å². The number of hydrogen-bond acceptors (Lipinski definition) is 2. The van der Waals surface area contributed by atoms with E-state index in [2.05, 4.69) is 73.1 Å². The van der Waals surface area contributed by atoms with Gasteiger partial charge >= 0.3 is 5.97 Å². The highest BCUT2D eigenvalue weighted by molar-refractivity contribution is 14.1. The molecule has 1 amide bonds. The number of benzene rings is 1. The second-order valence-electron chi connectivity index (χ2n) is 4.77. The largest absolute Gasteiger partial charge is 0.481 e. The minimum absolute atomic E-state index is 0.0325. The Kier molecular flexibility index (Phi) is 5.91. The van der Waals surface area contributed by atoms with Crippen molar-refractivity contribution in [3.63, 3.8) is 0 Å². The average molecular weight is 611 g/mol. The molecule has 1 aliphatic carbocycles. The predicted molar refractivity (Wildman–Crippen MR) is 101 cm³/mol. The van der Waals surface area contributed by atoms with Crippen LogP contribution < -0.4 is 5.32 Å². The second kappa shape index (κ2) is 7.07. The molecule has 0 radical (unpaired) electrons. The van der Waals surface area contributed by atoms with Gasteiger partial charge in [0.15, 0.2) is 0 Å². The van der Waals surface area contributed by atoms with Gasteiger partial charge in [-0.2, -0.15) is 0 Å². The molecule has 1 fully saturated rings. The lowest BCUT2D eigenvalue weighted by molar-refractivity contribution is -0.141. The lowest BCUT2D eigenvalue weighted by Crippen LogP contribution is -2.34. The van der Waals surface area contributed by atoms with Gasteiger partial charge in [-0.3, -0.25) is 9.59 Å². The first kappa shape index (κ1) is 16.7. The topological polar surface area (TPSA) is 66.4 Å². The Morgan fingerprint density at radius 1 is 1.20 bits per heavy atom.